The number of aromatic nitrogens is 1. The molecule has 100 valence electrons. The number of nitrogens with two attached hydrogens (primary N) is 1. The summed E-state index contributed by atoms with van der Waals surface area (Å²) in [6.45, 7) is 2.17. The van der Waals surface area contributed by atoms with Crippen LogP contribution in [0.25, 0.3) is 10.9 Å². The minimum Gasteiger partial charge on any atom is -0.290 e. The number of nitrogens with zero attached hydrogens (tertiary/aromatic N) is 1. The molecule has 0 aliphatic heterocycles. The maximum atomic E-state index is 11.8. The molecule has 0 spiro atoms. The van der Waals surface area contributed by atoms with Crippen LogP contribution in [0.5, 0.6) is 0 Å². The van der Waals surface area contributed by atoms with Gasteiger partial charge in [-0.15, -0.1) is 0 Å². The van der Waals surface area contributed by atoms with E-state index in [0.717, 1.165) is 29.4 Å². The van der Waals surface area contributed by atoms with E-state index in [9.17, 15) is 4.79 Å². The number of hydrogen-bond donors (Lipinski definition) is 2. The van der Waals surface area contributed by atoms with Crippen LogP contribution >= 0.6 is 0 Å². The Bertz CT molecular complexity index is 581. The van der Waals surface area contributed by atoms with Crippen molar-refractivity contribution < 1.29 is 4.79 Å². The lowest BCUT2D eigenvalue weighted by atomic mass is 10.0. The second-order valence-corrected chi connectivity index (χ2v) is 4.61. The average Bonchev–Trinajstić information content (AvgIpc) is 2.46. The van der Waals surface area contributed by atoms with Crippen LogP contribution in [0, 0.1) is 0 Å². The Balaban J connectivity index is 2.41. The maximum absolute atomic E-state index is 11.8. The van der Waals surface area contributed by atoms with Crippen molar-refractivity contribution in [1.29, 1.82) is 0 Å². The summed E-state index contributed by atoms with van der Waals surface area (Å²) in [6.07, 6.45) is 4.33. The molecule has 0 unspecified atom stereocenters. The van der Waals surface area contributed by atoms with Crippen LogP contribution < -0.4 is 11.3 Å². The number of hydrogen-bond acceptors (Lipinski definition) is 3. The number of nitrogens with one attached hydrogen (secondary N) is 1. The zero-order valence-corrected chi connectivity index (χ0v) is 11.1. The highest BCUT2D eigenvalue weighted by molar-refractivity contribution is 6.05. The van der Waals surface area contributed by atoms with Crippen molar-refractivity contribution >= 4 is 16.8 Å². The summed E-state index contributed by atoms with van der Waals surface area (Å²) < 4.78 is 0. The van der Waals surface area contributed by atoms with Gasteiger partial charge in [0.05, 0.1) is 11.1 Å². The van der Waals surface area contributed by atoms with Gasteiger partial charge in [0.25, 0.3) is 5.91 Å². The molecule has 0 saturated carbocycles. The fourth-order valence-corrected chi connectivity index (χ4v) is 2.18. The summed E-state index contributed by atoms with van der Waals surface area (Å²) in [4.78, 5) is 16.4. The second kappa shape index (κ2) is 6.29. The Morgan fingerprint density at radius 3 is 2.84 bits per heavy atom. The van der Waals surface area contributed by atoms with E-state index in [4.69, 9.17) is 5.84 Å². The first-order valence-corrected chi connectivity index (χ1v) is 6.66. The molecular weight excluding hydrogens is 238 g/mol. The SMILES string of the molecule is CCCCCc1cc(C(=O)NN)c2ccccc2n1. The van der Waals surface area contributed by atoms with Gasteiger partial charge in [0, 0.05) is 11.1 Å². The lowest BCUT2D eigenvalue weighted by Gasteiger charge is -2.08. The fraction of sp³-hybridized carbons (Fsp3) is 0.333. The van der Waals surface area contributed by atoms with Gasteiger partial charge in [-0.3, -0.25) is 15.2 Å². The van der Waals surface area contributed by atoms with Gasteiger partial charge in [-0.25, -0.2) is 5.84 Å². The van der Waals surface area contributed by atoms with Crippen molar-refractivity contribution in [3.8, 4) is 0 Å². The van der Waals surface area contributed by atoms with E-state index in [0.29, 0.717) is 5.56 Å². The predicted octanol–water partition coefficient (Wildman–Crippen LogP) is 2.57. The first kappa shape index (κ1) is 13.5. The third kappa shape index (κ3) is 3.09. The molecule has 0 saturated heterocycles. The molecule has 1 amide bonds. The summed E-state index contributed by atoms with van der Waals surface area (Å²) in [6, 6.07) is 9.48. The number of unbranched alkanes of at least 4 members (excludes halogenated alkanes) is 2. The molecule has 0 fully saturated rings. The topological polar surface area (TPSA) is 68.0 Å². The molecule has 0 aliphatic rings. The van der Waals surface area contributed by atoms with Gasteiger partial charge in [0.2, 0.25) is 0 Å². The molecule has 1 aromatic heterocycles. The number of carbonyl (C=O) groups excluding carboxylic acids is 1. The van der Waals surface area contributed by atoms with Crippen LogP contribution in [0.4, 0.5) is 0 Å². The zero-order chi connectivity index (χ0) is 13.7. The number of rotatable bonds is 5. The fourth-order valence-electron chi connectivity index (χ4n) is 2.18. The van der Waals surface area contributed by atoms with Gasteiger partial charge >= 0.3 is 0 Å². The van der Waals surface area contributed by atoms with E-state index in [1.54, 1.807) is 0 Å². The van der Waals surface area contributed by atoms with E-state index >= 15 is 0 Å². The Morgan fingerprint density at radius 2 is 2.11 bits per heavy atom. The molecule has 2 aromatic rings. The second-order valence-electron chi connectivity index (χ2n) is 4.61. The quantitative estimate of drug-likeness (QED) is 0.374. The molecule has 1 aromatic carbocycles. The van der Waals surface area contributed by atoms with Crippen LogP contribution in [0.3, 0.4) is 0 Å². The summed E-state index contributed by atoms with van der Waals surface area (Å²) >= 11 is 0. The normalized spacial score (nSPS) is 10.6. The lowest BCUT2D eigenvalue weighted by molar-refractivity contribution is 0.0955. The summed E-state index contributed by atoms with van der Waals surface area (Å²) in [7, 11) is 0. The van der Waals surface area contributed by atoms with Gasteiger partial charge in [0.15, 0.2) is 0 Å². The minimum atomic E-state index is -0.268. The van der Waals surface area contributed by atoms with Gasteiger partial charge in [-0.05, 0) is 25.0 Å². The first-order chi connectivity index (χ1) is 9.26. The van der Waals surface area contributed by atoms with E-state index < -0.39 is 0 Å². The smallest absolute Gasteiger partial charge is 0.265 e. The number of para-hydroxylation sites is 1. The van der Waals surface area contributed by atoms with Crippen LogP contribution in [0.15, 0.2) is 30.3 Å². The molecule has 0 aliphatic carbocycles. The average molecular weight is 257 g/mol. The van der Waals surface area contributed by atoms with Crippen LogP contribution in [-0.4, -0.2) is 10.9 Å². The van der Waals surface area contributed by atoms with Gasteiger partial charge in [-0.2, -0.15) is 0 Å². The molecule has 0 radical (unpaired) electrons. The Morgan fingerprint density at radius 1 is 1.32 bits per heavy atom. The largest absolute Gasteiger partial charge is 0.290 e. The Labute approximate surface area is 113 Å². The van der Waals surface area contributed by atoms with Crippen molar-refractivity contribution in [3.63, 3.8) is 0 Å². The third-order valence-electron chi connectivity index (χ3n) is 3.18. The number of benzene rings is 1. The molecule has 4 nitrogen and oxygen atoms in total. The number of aryl methyl sites for hydroxylation is 1. The molecule has 0 bridgehead atoms. The van der Waals surface area contributed by atoms with E-state index in [1.165, 1.54) is 12.8 Å². The Hall–Kier alpha value is -1.94. The molecule has 1 heterocycles. The maximum Gasteiger partial charge on any atom is 0.265 e. The van der Waals surface area contributed by atoms with Gasteiger partial charge < -0.3 is 0 Å². The summed E-state index contributed by atoms with van der Waals surface area (Å²) in [5.74, 6) is 4.98. The van der Waals surface area contributed by atoms with Crippen molar-refractivity contribution in [2.75, 3.05) is 0 Å². The zero-order valence-electron chi connectivity index (χ0n) is 11.1. The van der Waals surface area contributed by atoms with Crippen molar-refractivity contribution in [2.45, 2.75) is 32.6 Å². The molecule has 4 heteroatoms. The van der Waals surface area contributed by atoms with Crippen molar-refractivity contribution in [1.82, 2.24) is 10.4 Å². The number of fused-ring (bicyclic) bond motifs is 1. The first-order valence-electron chi connectivity index (χ1n) is 6.66. The highest BCUT2D eigenvalue weighted by atomic mass is 16.2. The van der Waals surface area contributed by atoms with E-state index in [-0.39, 0.29) is 5.91 Å². The minimum absolute atomic E-state index is 0.268. The molecule has 2 rings (SSSR count). The third-order valence-corrected chi connectivity index (χ3v) is 3.18. The monoisotopic (exact) mass is 257 g/mol. The van der Waals surface area contributed by atoms with Crippen molar-refractivity contribution in [3.05, 3.63) is 41.6 Å². The number of carbonyl (C=O) groups is 1. The number of amides is 1. The summed E-state index contributed by atoms with van der Waals surface area (Å²) in [5, 5.41) is 0.838. The highest BCUT2D eigenvalue weighted by Gasteiger charge is 2.11. The van der Waals surface area contributed by atoms with Crippen LogP contribution in [0.1, 0.15) is 42.2 Å². The van der Waals surface area contributed by atoms with Crippen molar-refractivity contribution in [2.24, 2.45) is 5.84 Å². The highest BCUT2D eigenvalue weighted by Crippen LogP contribution is 2.19. The number of nitrogen functional groups attached to an aromatic ring is 1. The van der Waals surface area contributed by atoms with Gasteiger partial charge in [-0.1, -0.05) is 38.0 Å². The van der Waals surface area contributed by atoms with Crippen LogP contribution in [0.2, 0.25) is 0 Å². The van der Waals surface area contributed by atoms with Gasteiger partial charge in [0.1, 0.15) is 0 Å². The van der Waals surface area contributed by atoms with E-state index in [2.05, 4.69) is 17.3 Å². The predicted molar refractivity (Wildman–Crippen MR) is 76.6 cm³/mol. The lowest BCUT2D eigenvalue weighted by Crippen LogP contribution is -2.30. The number of pyridine rings is 1. The Kier molecular flexibility index (Phi) is 4.47. The van der Waals surface area contributed by atoms with E-state index in [1.807, 2.05) is 30.3 Å². The molecular formula is C15H19N3O. The summed E-state index contributed by atoms with van der Waals surface area (Å²) in [5.41, 5.74) is 4.59. The molecule has 3 N–H and O–H groups in total. The molecule has 19 heavy (non-hydrogen) atoms. The standard InChI is InChI=1S/C15H19N3O/c1-2-3-4-7-11-10-13(15(19)18-16)12-8-5-6-9-14(12)17-11/h5-6,8-10H,2-4,7,16H2,1H3,(H,18,19). The number of hydrazine groups is 1. The molecule has 0 atom stereocenters. The van der Waals surface area contributed by atoms with Crippen LogP contribution in [-0.2, 0) is 6.42 Å².